The Morgan fingerprint density at radius 2 is 1.46 bits per heavy atom. The van der Waals surface area contributed by atoms with E-state index in [9.17, 15) is 18.0 Å². The summed E-state index contributed by atoms with van der Waals surface area (Å²) in [6.07, 6.45) is 0. The standard InChI is InChI=1S/C17H18ClN3O4S/c1-12(22)19-14-5-7-15(8-6-14)20-17(23)11-21(2)26(24,25)16-9-3-13(18)4-10-16/h3-10H,11H2,1-2H3,(H,19,22)(H,20,23). The SMILES string of the molecule is CC(=O)Nc1ccc(NC(=O)CN(C)S(=O)(=O)c2ccc(Cl)cc2)cc1. The average molecular weight is 396 g/mol. The van der Waals surface area contributed by atoms with Crippen LogP contribution in [0, 0.1) is 0 Å². The summed E-state index contributed by atoms with van der Waals surface area (Å²) in [6, 6.07) is 12.2. The zero-order valence-corrected chi connectivity index (χ0v) is 15.8. The van der Waals surface area contributed by atoms with Crippen LogP contribution >= 0.6 is 11.6 Å². The van der Waals surface area contributed by atoms with Crippen LogP contribution in [-0.4, -0.2) is 38.1 Å². The van der Waals surface area contributed by atoms with Crippen LogP contribution in [0.2, 0.25) is 5.02 Å². The molecule has 0 saturated carbocycles. The van der Waals surface area contributed by atoms with E-state index >= 15 is 0 Å². The molecule has 0 saturated heterocycles. The predicted molar refractivity (Wildman–Crippen MR) is 101 cm³/mol. The van der Waals surface area contributed by atoms with Gasteiger partial charge in [0.1, 0.15) is 0 Å². The number of nitrogens with one attached hydrogen (secondary N) is 2. The molecule has 2 aromatic carbocycles. The molecule has 0 aliphatic rings. The number of rotatable bonds is 6. The van der Waals surface area contributed by atoms with Crippen molar-refractivity contribution >= 4 is 44.8 Å². The van der Waals surface area contributed by atoms with E-state index in [-0.39, 0.29) is 17.3 Å². The number of sulfonamides is 1. The van der Waals surface area contributed by atoms with Gasteiger partial charge >= 0.3 is 0 Å². The topological polar surface area (TPSA) is 95.6 Å². The summed E-state index contributed by atoms with van der Waals surface area (Å²) in [7, 11) is -2.47. The number of halogens is 1. The highest BCUT2D eigenvalue weighted by Crippen LogP contribution is 2.18. The maximum Gasteiger partial charge on any atom is 0.243 e. The normalized spacial score (nSPS) is 11.2. The van der Waals surface area contributed by atoms with Gasteiger partial charge in [-0.1, -0.05) is 11.6 Å². The van der Waals surface area contributed by atoms with Gasteiger partial charge in [0.2, 0.25) is 21.8 Å². The van der Waals surface area contributed by atoms with Gasteiger partial charge in [0.25, 0.3) is 0 Å². The van der Waals surface area contributed by atoms with E-state index in [0.29, 0.717) is 16.4 Å². The van der Waals surface area contributed by atoms with Crippen LogP contribution in [0.25, 0.3) is 0 Å². The second-order valence-electron chi connectivity index (χ2n) is 5.52. The lowest BCUT2D eigenvalue weighted by Gasteiger charge is -2.17. The van der Waals surface area contributed by atoms with Crippen molar-refractivity contribution in [3.63, 3.8) is 0 Å². The maximum absolute atomic E-state index is 12.4. The molecule has 2 amide bonds. The zero-order valence-electron chi connectivity index (χ0n) is 14.2. The minimum atomic E-state index is -3.80. The Labute approximate surface area is 157 Å². The third kappa shape index (κ3) is 5.29. The number of nitrogens with zero attached hydrogens (tertiary/aromatic N) is 1. The summed E-state index contributed by atoms with van der Waals surface area (Å²) < 4.78 is 25.8. The molecule has 0 spiro atoms. The van der Waals surface area contributed by atoms with Crippen LogP contribution in [0.4, 0.5) is 11.4 Å². The van der Waals surface area contributed by atoms with E-state index in [1.165, 1.54) is 38.2 Å². The zero-order chi connectivity index (χ0) is 19.3. The quantitative estimate of drug-likeness (QED) is 0.785. The fourth-order valence-electron chi connectivity index (χ4n) is 2.11. The second kappa shape index (κ2) is 8.31. The van der Waals surface area contributed by atoms with Crippen molar-refractivity contribution < 1.29 is 18.0 Å². The number of benzene rings is 2. The van der Waals surface area contributed by atoms with E-state index in [4.69, 9.17) is 11.6 Å². The van der Waals surface area contributed by atoms with Crippen molar-refractivity contribution in [2.75, 3.05) is 24.2 Å². The molecule has 0 heterocycles. The van der Waals surface area contributed by atoms with E-state index in [1.54, 1.807) is 24.3 Å². The van der Waals surface area contributed by atoms with Crippen molar-refractivity contribution in [3.05, 3.63) is 53.6 Å². The monoisotopic (exact) mass is 395 g/mol. The summed E-state index contributed by atoms with van der Waals surface area (Å²) in [5.74, 6) is -0.687. The maximum atomic E-state index is 12.4. The smallest absolute Gasteiger partial charge is 0.243 e. The van der Waals surface area contributed by atoms with Crippen LogP contribution in [-0.2, 0) is 19.6 Å². The van der Waals surface area contributed by atoms with E-state index in [1.807, 2.05) is 0 Å². The Bertz CT molecular complexity index is 897. The van der Waals surface area contributed by atoms with Gasteiger partial charge in [-0.25, -0.2) is 8.42 Å². The summed E-state index contributed by atoms with van der Waals surface area (Å²) in [5.41, 5.74) is 1.08. The molecule has 2 rings (SSSR count). The summed E-state index contributed by atoms with van der Waals surface area (Å²) in [4.78, 5) is 23.1. The fourth-order valence-corrected chi connectivity index (χ4v) is 3.37. The van der Waals surface area contributed by atoms with Crippen molar-refractivity contribution in [1.29, 1.82) is 0 Å². The number of amides is 2. The first-order valence-corrected chi connectivity index (χ1v) is 9.40. The Kier molecular flexibility index (Phi) is 6.36. The highest BCUT2D eigenvalue weighted by atomic mass is 35.5. The average Bonchev–Trinajstić information content (AvgIpc) is 2.56. The Balaban J connectivity index is 2.00. The highest BCUT2D eigenvalue weighted by Gasteiger charge is 2.22. The van der Waals surface area contributed by atoms with Crippen LogP contribution in [0.15, 0.2) is 53.4 Å². The molecule has 0 unspecified atom stereocenters. The molecule has 138 valence electrons. The van der Waals surface area contributed by atoms with Gasteiger partial charge < -0.3 is 10.6 Å². The Hall–Kier alpha value is -2.42. The molecule has 0 bridgehead atoms. The number of hydrogen-bond donors (Lipinski definition) is 2. The number of hydrogen-bond acceptors (Lipinski definition) is 4. The largest absolute Gasteiger partial charge is 0.326 e. The summed E-state index contributed by atoms with van der Waals surface area (Å²) in [6.45, 7) is 1.05. The number of carbonyl (C=O) groups excluding carboxylic acids is 2. The third-order valence-electron chi connectivity index (χ3n) is 3.38. The van der Waals surface area contributed by atoms with E-state index in [0.717, 1.165) is 4.31 Å². The van der Waals surface area contributed by atoms with Gasteiger partial charge in [-0.3, -0.25) is 9.59 Å². The molecular formula is C17H18ClN3O4S. The highest BCUT2D eigenvalue weighted by molar-refractivity contribution is 7.89. The van der Waals surface area contributed by atoms with Gasteiger partial charge in [-0.2, -0.15) is 4.31 Å². The number of likely N-dealkylation sites (N-methyl/N-ethyl adjacent to an activating group) is 1. The third-order valence-corrected chi connectivity index (χ3v) is 5.45. The lowest BCUT2D eigenvalue weighted by molar-refractivity contribution is -0.116. The van der Waals surface area contributed by atoms with Crippen molar-refractivity contribution in [1.82, 2.24) is 4.31 Å². The van der Waals surface area contributed by atoms with E-state index in [2.05, 4.69) is 10.6 Å². The van der Waals surface area contributed by atoms with Gasteiger partial charge in [0.15, 0.2) is 0 Å². The van der Waals surface area contributed by atoms with E-state index < -0.39 is 15.9 Å². The first kappa shape index (κ1) is 19.9. The summed E-state index contributed by atoms with van der Waals surface area (Å²) in [5, 5.41) is 5.64. The first-order chi connectivity index (χ1) is 12.2. The molecule has 0 aliphatic carbocycles. The molecule has 0 fully saturated rings. The fraction of sp³-hybridized carbons (Fsp3) is 0.176. The van der Waals surface area contributed by atoms with Gasteiger partial charge in [-0.05, 0) is 48.5 Å². The molecule has 0 atom stereocenters. The Morgan fingerprint density at radius 3 is 1.96 bits per heavy atom. The molecule has 26 heavy (non-hydrogen) atoms. The van der Waals surface area contributed by atoms with Crippen LogP contribution < -0.4 is 10.6 Å². The molecule has 2 aromatic rings. The lowest BCUT2D eigenvalue weighted by atomic mass is 10.2. The number of anilines is 2. The minimum absolute atomic E-state index is 0.0526. The summed E-state index contributed by atoms with van der Waals surface area (Å²) >= 11 is 5.76. The Morgan fingerprint density at radius 1 is 0.962 bits per heavy atom. The molecule has 2 N–H and O–H groups in total. The molecule has 0 aromatic heterocycles. The molecular weight excluding hydrogens is 378 g/mol. The second-order valence-corrected chi connectivity index (χ2v) is 8.00. The molecule has 9 heteroatoms. The van der Waals surface area contributed by atoms with Crippen LogP contribution in [0.1, 0.15) is 6.92 Å². The lowest BCUT2D eigenvalue weighted by Crippen LogP contribution is -2.34. The van der Waals surface area contributed by atoms with Gasteiger partial charge in [-0.15, -0.1) is 0 Å². The van der Waals surface area contributed by atoms with Crippen LogP contribution in [0.3, 0.4) is 0 Å². The molecule has 7 nitrogen and oxygen atoms in total. The first-order valence-electron chi connectivity index (χ1n) is 7.58. The van der Waals surface area contributed by atoms with Crippen molar-refractivity contribution in [2.24, 2.45) is 0 Å². The number of carbonyl (C=O) groups is 2. The molecule has 0 aliphatic heterocycles. The van der Waals surface area contributed by atoms with Gasteiger partial charge in [0.05, 0.1) is 11.4 Å². The molecule has 0 radical (unpaired) electrons. The van der Waals surface area contributed by atoms with Crippen molar-refractivity contribution in [2.45, 2.75) is 11.8 Å². The minimum Gasteiger partial charge on any atom is -0.326 e. The van der Waals surface area contributed by atoms with Crippen LogP contribution in [0.5, 0.6) is 0 Å². The van der Waals surface area contributed by atoms with Gasteiger partial charge in [0, 0.05) is 30.4 Å². The van der Waals surface area contributed by atoms with Crippen molar-refractivity contribution in [3.8, 4) is 0 Å². The predicted octanol–water partition coefficient (Wildman–Crippen LogP) is 2.56.